The maximum absolute atomic E-state index is 12.4. The van der Waals surface area contributed by atoms with Crippen molar-refractivity contribution in [1.29, 1.82) is 0 Å². The van der Waals surface area contributed by atoms with E-state index in [2.05, 4.69) is 43.1 Å². The molecule has 6 atom stereocenters. The van der Waals surface area contributed by atoms with Crippen LogP contribution in [0, 0.1) is 17.8 Å². The van der Waals surface area contributed by atoms with E-state index in [4.69, 9.17) is 4.74 Å². The molecule has 26 heavy (non-hydrogen) atoms. The van der Waals surface area contributed by atoms with E-state index in [0.717, 1.165) is 5.92 Å². The van der Waals surface area contributed by atoms with Crippen LogP contribution in [-0.4, -0.2) is 59.0 Å². The SMILES string of the molecule is CCOC(=O)[C@@H](C)[C@@H]1[C@@H]2[C@@H]3c4ccccc4[C@H]1C[C@@H]3CN2C.O.O.O.O. The van der Waals surface area contributed by atoms with Crippen molar-refractivity contribution >= 4 is 5.97 Å². The third-order valence-corrected chi connectivity index (χ3v) is 6.31. The number of ether oxygens (including phenoxy) is 1. The maximum Gasteiger partial charge on any atom is 0.309 e. The Hall–Kier alpha value is -1.51. The van der Waals surface area contributed by atoms with Gasteiger partial charge >= 0.3 is 5.97 Å². The van der Waals surface area contributed by atoms with Crippen molar-refractivity contribution in [1.82, 2.24) is 4.90 Å². The molecule has 1 aromatic rings. The molecule has 0 unspecified atom stereocenters. The van der Waals surface area contributed by atoms with Gasteiger partial charge in [-0.2, -0.15) is 0 Å². The molecule has 1 aromatic carbocycles. The van der Waals surface area contributed by atoms with Crippen molar-refractivity contribution in [3.63, 3.8) is 0 Å². The highest BCUT2D eigenvalue weighted by molar-refractivity contribution is 5.73. The number of hydrogen-bond donors (Lipinski definition) is 0. The highest BCUT2D eigenvalue weighted by Gasteiger charge is 2.58. The predicted octanol–water partition coefficient (Wildman–Crippen LogP) is -0.282. The molecule has 3 aliphatic carbocycles. The minimum absolute atomic E-state index is 0. The minimum Gasteiger partial charge on any atom is -0.466 e. The molecule has 5 rings (SSSR count). The molecule has 1 saturated carbocycles. The lowest BCUT2D eigenvalue weighted by atomic mass is 9.54. The highest BCUT2D eigenvalue weighted by atomic mass is 16.5. The quantitative estimate of drug-likeness (QED) is 0.670. The van der Waals surface area contributed by atoms with Crippen LogP contribution in [0.3, 0.4) is 0 Å². The smallest absolute Gasteiger partial charge is 0.309 e. The van der Waals surface area contributed by atoms with Gasteiger partial charge in [0.05, 0.1) is 12.5 Å². The summed E-state index contributed by atoms with van der Waals surface area (Å²) in [6.45, 7) is 5.62. The van der Waals surface area contributed by atoms with Crippen molar-refractivity contribution in [2.75, 3.05) is 20.2 Å². The number of esters is 1. The lowest BCUT2D eigenvalue weighted by Crippen LogP contribution is -2.50. The molecule has 4 bridgehead atoms. The second kappa shape index (κ2) is 8.92. The molecular formula is C19H33NO6. The summed E-state index contributed by atoms with van der Waals surface area (Å²) in [5.74, 6) is 2.23. The summed E-state index contributed by atoms with van der Waals surface area (Å²) in [5, 5.41) is 0. The summed E-state index contributed by atoms with van der Waals surface area (Å²) in [6.07, 6.45) is 1.23. The van der Waals surface area contributed by atoms with Gasteiger partial charge in [0.1, 0.15) is 0 Å². The zero-order valence-corrected chi connectivity index (χ0v) is 15.7. The Balaban J connectivity index is 0.00000156. The van der Waals surface area contributed by atoms with Gasteiger partial charge in [0, 0.05) is 18.5 Å². The molecule has 0 radical (unpaired) electrons. The first-order valence-corrected chi connectivity index (χ1v) is 8.59. The molecule has 8 N–H and O–H groups in total. The van der Waals surface area contributed by atoms with Crippen LogP contribution in [0.5, 0.6) is 0 Å². The molecular weight excluding hydrogens is 338 g/mol. The van der Waals surface area contributed by atoms with Crippen LogP contribution in [0.2, 0.25) is 0 Å². The van der Waals surface area contributed by atoms with Gasteiger partial charge < -0.3 is 31.5 Å². The Labute approximate surface area is 154 Å². The van der Waals surface area contributed by atoms with Crippen molar-refractivity contribution in [3.8, 4) is 0 Å². The summed E-state index contributed by atoms with van der Waals surface area (Å²) in [6, 6.07) is 9.42. The van der Waals surface area contributed by atoms with Gasteiger partial charge in [0.25, 0.3) is 0 Å². The van der Waals surface area contributed by atoms with Gasteiger partial charge in [0.15, 0.2) is 0 Å². The fraction of sp³-hybridized carbons (Fsp3) is 0.632. The number of rotatable bonds is 3. The monoisotopic (exact) mass is 371 g/mol. The number of carbonyl (C=O) groups excluding carboxylic acids is 1. The first-order valence-electron chi connectivity index (χ1n) is 8.59. The maximum atomic E-state index is 12.4. The van der Waals surface area contributed by atoms with Crippen LogP contribution in [0.4, 0.5) is 0 Å². The van der Waals surface area contributed by atoms with Crippen molar-refractivity contribution in [2.45, 2.75) is 38.1 Å². The lowest BCUT2D eigenvalue weighted by molar-refractivity contribution is -0.151. The van der Waals surface area contributed by atoms with Gasteiger partial charge in [-0.1, -0.05) is 31.2 Å². The summed E-state index contributed by atoms with van der Waals surface area (Å²) in [4.78, 5) is 14.9. The zero-order chi connectivity index (χ0) is 15.4. The fourth-order valence-corrected chi connectivity index (χ4v) is 5.63. The average molecular weight is 371 g/mol. The van der Waals surface area contributed by atoms with Crippen LogP contribution < -0.4 is 0 Å². The summed E-state index contributed by atoms with van der Waals surface area (Å²) < 4.78 is 5.34. The Morgan fingerprint density at radius 3 is 2.42 bits per heavy atom. The zero-order valence-electron chi connectivity index (χ0n) is 15.7. The van der Waals surface area contributed by atoms with E-state index in [-0.39, 0.29) is 33.8 Å². The van der Waals surface area contributed by atoms with Crippen LogP contribution in [0.15, 0.2) is 24.3 Å². The molecule has 150 valence electrons. The van der Waals surface area contributed by atoms with Crippen LogP contribution in [0.1, 0.15) is 43.2 Å². The number of nitrogens with zero attached hydrogens (tertiary/aromatic N) is 1. The number of benzene rings is 1. The number of carbonyl (C=O) groups is 1. The van der Waals surface area contributed by atoms with Crippen LogP contribution >= 0.6 is 0 Å². The number of likely N-dealkylation sites (tertiary alicyclic amines) is 1. The van der Waals surface area contributed by atoms with Gasteiger partial charge in [-0.25, -0.2) is 0 Å². The second-order valence-electron chi connectivity index (χ2n) is 7.31. The minimum atomic E-state index is -0.0210. The summed E-state index contributed by atoms with van der Waals surface area (Å²) >= 11 is 0. The van der Waals surface area contributed by atoms with Gasteiger partial charge in [0.2, 0.25) is 0 Å². The van der Waals surface area contributed by atoms with E-state index in [0.29, 0.717) is 30.4 Å². The molecule has 1 aliphatic heterocycles. The van der Waals surface area contributed by atoms with E-state index >= 15 is 0 Å². The Kier molecular flexibility index (Phi) is 8.40. The van der Waals surface area contributed by atoms with E-state index in [9.17, 15) is 4.79 Å². The summed E-state index contributed by atoms with van der Waals surface area (Å²) in [7, 11) is 2.23. The van der Waals surface area contributed by atoms with E-state index in [1.54, 1.807) is 5.56 Å². The second-order valence-corrected chi connectivity index (χ2v) is 7.31. The van der Waals surface area contributed by atoms with E-state index < -0.39 is 0 Å². The molecule has 0 spiro atoms. The number of likely N-dealkylation sites (N-methyl/N-ethyl adjacent to an activating group) is 1. The molecule has 0 aromatic heterocycles. The summed E-state index contributed by atoms with van der Waals surface area (Å²) in [5.41, 5.74) is 3.04. The standard InChI is InChI=1S/C19H25NO2.4H2O/c1-4-22-19(21)11(2)16-15-9-12-10-20(3)18(16)17(12)14-8-6-5-7-13(14)15;;;;/h5-8,11-12,15-18H,4,9-10H2,1-3H3;4*1H2/t11-,12+,15+,16-,17-,18+;;;;/m0..../s1. The molecule has 1 heterocycles. The average Bonchev–Trinajstić information content (AvgIpc) is 2.79. The fourth-order valence-electron chi connectivity index (χ4n) is 5.63. The van der Waals surface area contributed by atoms with Gasteiger partial charge in [-0.3, -0.25) is 4.79 Å². The predicted molar refractivity (Wildman–Crippen MR) is 100 cm³/mol. The molecule has 1 saturated heterocycles. The molecule has 7 nitrogen and oxygen atoms in total. The van der Waals surface area contributed by atoms with E-state index in [1.807, 2.05) is 6.92 Å². The molecule has 2 fully saturated rings. The molecule has 7 heteroatoms. The Bertz CT molecular complexity index is 609. The molecule has 4 aliphatic rings. The topological polar surface area (TPSA) is 156 Å². The lowest BCUT2D eigenvalue weighted by Gasteiger charge is -2.51. The Morgan fingerprint density at radius 2 is 1.81 bits per heavy atom. The largest absolute Gasteiger partial charge is 0.466 e. The van der Waals surface area contributed by atoms with Crippen molar-refractivity contribution < 1.29 is 31.4 Å². The highest BCUT2D eigenvalue weighted by Crippen LogP contribution is 2.61. The van der Waals surface area contributed by atoms with Crippen LogP contribution in [-0.2, 0) is 9.53 Å². The third-order valence-electron chi connectivity index (χ3n) is 6.31. The van der Waals surface area contributed by atoms with Crippen molar-refractivity contribution in [2.24, 2.45) is 17.8 Å². The first kappa shape index (κ1) is 24.5. The first-order chi connectivity index (χ1) is 10.6. The third kappa shape index (κ3) is 3.25. The normalized spacial score (nSPS) is 31.3. The number of hydrogen-bond acceptors (Lipinski definition) is 3. The molecule has 0 amide bonds. The van der Waals surface area contributed by atoms with E-state index in [1.165, 1.54) is 18.5 Å². The van der Waals surface area contributed by atoms with Gasteiger partial charge in [-0.05, 0) is 49.3 Å². The van der Waals surface area contributed by atoms with Crippen LogP contribution in [0.25, 0.3) is 0 Å². The Morgan fingerprint density at radius 1 is 1.19 bits per heavy atom. The van der Waals surface area contributed by atoms with Gasteiger partial charge in [-0.15, -0.1) is 0 Å². The van der Waals surface area contributed by atoms with Crippen molar-refractivity contribution in [3.05, 3.63) is 35.4 Å².